The third-order valence-corrected chi connectivity index (χ3v) is 8.61. The molecule has 0 saturated carbocycles. The molecular formula is C24H30ClN5O6S. The van der Waals surface area contributed by atoms with Crippen LogP contribution in [0.1, 0.15) is 49.3 Å². The summed E-state index contributed by atoms with van der Waals surface area (Å²) >= 11 is 5.90. The van der Waals surface area contributed by atoms with E-state index < -0.39 is 26.9 Å². The number of para-hydroxylation sites is 1. The molecule has 0 spiro atoms. The molecule has 0 unspecified atom stereocenters. The van der Waals surface area contributed by atoms with Crippen molar-refractivity contribution in [3.63, 3.8) is 0 Å². The first-order valence-electron chi connectivity index (χ1n) is 11.8. The average Bonchev–Trinajstić information content (AvgIpc) is 3.32. The summed E-state index contributed by atoms with van der Waals surface area (Å²) in [5, 5.41) is 8.11. The highest BCUT2D eigenvalue weighted by Crippen LogP contribution is 2.37. The SMILES string of the molecule is COc1cccc(OC)c1-n1c(CS(=O)(=O)[C@@H](C)[C@H](OC)c2ncc(Cl)cn2)nnc1[C@H]1CCCOC1. The van der Waals surface area contributed by atoms with Gasteiger partial charge < -0.3 is 18.9 Å². The molecule has 13 heteroatoms. The smallest absolute Gasteiger partial charge is 0.163 e. The third-order valence-electron chi connectivity index (χ3n) is 6.38. The first kappa shape index (κ1) is 27.2. The van der Waals surface area contributed by atoms with E-state index in [1.165, 1.54) is 19.5 Å². The van der Waals surface area contributed by atoms with Crippen molar-refractivity contribution in [2.24, 2.45) is 0 Å². The van der Waals surface area contributed by atoms with Gasteiger partial charge in [-0.3, -0.25) is 4.57 Å². The van der Waals surface area contributed by atoms with E-state index in [1.807, 2.05) is 0 Å². The fraction of sp³-hybridized carbons (Fsp3) is 0.500. The van der Waals surface area contributed by atoms with Gasteiger partial charge in [0, 0.05) is 32.0 Å². The Morgan fingerprint density at radius 3 is 2.38 bits per heavy atom. The molecule has 3 atom stereocenters. The van der Waals surface area contributed by atoms with Crippen molar-refractivity contribution in [2.45, 2.75) is 42.8 Å². The number of halogens is 1. The van der Waals surface area contributed by atoms with Crippen LogP contribution in [0.5, 0.6) is 11.5 Å². The van der Waals surface area contributed by atoms with Crippen LogP contribution in [0, 0.1) is 0 Å². The number of benzene rings is 1. The summed E-state index contributed by atoms with van der Waals surface area (Å²) in [6, 6.07) is 5.35. The van der Waals surface area contributed by atoms with Crippen molar-refractivity contribution in [1.29, 1.82) is 0 Å². The van der Waals surface area contributed by atoms with Crippen molar-refractivity contribution in [2.75, 3.05) is 34.5 Å². The van der Waals surface area contributed by atoms with E-state index >= 15 is 0 Å². The molecule has 0 N–H and O–H groups in total. The maximum absolute atomic E-state index is 13.7. The van der Waals surface area contributed by atoms with E-state index in [9.17, 15) is 8.42 Å². The zero-order valence-electron chi connectivity index (χ0n) is 21.1. The molecule has 1 fully saturated rings. The third kappa shape index (κ3) is 5.71. The quantitative estimate of drug-likeness (QED) is 0.370. The summed E-state index contributed by atoms with van der Waals surface area (Å²) in [7, 11) is 0.654. The number of methoxy groups -OCH3 is 3. The average molecular weight is 552 g/mol. The second kappa shape index (κ2) is 11.7. The number of aromatic nitrogens is 5. The Kier molecular flexibility index (Phi) is 8.63. The van der Waals surface area contributed by atoms with E-state index in [2.05, 4.69) is 20.2 Å². The first-order valence-corrected chi connectivity index (χ1v) is 13.8. The lowest BCUT2D eigenvalue weighted by molar-refractivity contribution is 0.0775. The highest BCUT2D eigenvalue weighted by Gasteiger charge is 2.36. The number of rotatable bonds is 10. The van der Waals surface area contributed by atoms with Crippen LogP contribution in [0.3, 0.4) is 0 Å². The Hall–Kier alpha value is -2.80. The second-order valence-corrected chi connectivity index (χ2v) is 11.5. The zero-order valence-corrected chi connectivity index (χ0v) is 22.7. The van der Waals surface area contributed by atoms with Crippen LogP contribution in [0.15, 0.2) is 30.6 Å². The lowest BCUT2D eigenvalue weighted by Crippen LogP contribution is -2.30. The summed E-state index contributed by atoms with van der Waals surface area (Å²) in [6.45, 7) is 2.69. The van der Waals surface area contributed by atoms with Crippen LogP contribution in [-0.2, 0) is 25.1 Å². The lowest BCUT2D eigenvalue weighted by Gasteiger charge is -2.24. The molecule has 1 aliphatic heterocycles. The molecule has 3 aromatic rings. The fourth-order valence-electron chi connectivity index (χ4n) is 4.40. The van der Waals surface area contributed by atoms with E-state index in [0.717, 1.165) is 12.8 Å². The number of ether oxygens (including phenoxy) is 4. The number of sulfone groups is 1. The Labute approximate surface area is 221 Å². The van der Waals surface area contributed by atoms with Crippen LogP contribution >= 0.6 is 11.6 Å². The van der Waals surface area contributed by atoms with Crippen LogP contribution in [0.4, 0.5) is 0 Å². The summed E-state index contributed by atoms with van der Waals surface area (Å²) in [5.41, 5.74) is 0.528. The highest BCUT2D eigenvalue weighted by atomic mass is 35.5. The molecule has 1 aliphatic rings. The maximum Gasteiger partial charge on any atom is 0.163 e. The molecule has 1 aromatic carbocycles. The Morgan fingerprint density at radius 2 is 1.81 bits per heavy atom. The molecule has 0 bridgehead atoms. The minimum Gasteiger partial charge on any atom is -0.494 e. The van der Waals surface area contributed by atoms with Gasteiger partial charge in [-0.05, 0) is 31.9 Å². The highest BCUT2D eigenvalue weighted by molar-refractivity contribution is 7.91. The molecule has 11 nitrogen and oxygen atoms in total. The molecule has 0 radical (unpaired) electrons. The van der Waals surface area contributed by atoms with Crippen LogP contribution in [-0.4, -0.2) is 72.9 Å². The van der Waals surface area contributed by atoms with Crippen molar-refractivity contribution < 1.29 is 27.4 Å². The topological polar surface area (TPSA) is 128 Å². The van der Waals surface area contributed by atoms with Gasteiger partial charge in [0.2, 0.25) is 0 Å². The molecular weight excluding hydrogens is 522 g/mol. The summed E-state index contributed by atoms with van der Waals surface area (Å²) in [5.74, 6) is 1.53. The van der Waals surface area contributed by atoms with E-state index in [0.29, 0.717) is 41.2 Å². The number of hydrogen-bond donors (Lipinski definition) is 0. The lowest BCUT2D eigenvalue weighted by atomic mass is 10.0. The van der Waals surface area contributed by atoms with Crippen molar-refractivity contribution in [3.8, 4) is 17.2 Å². The molecule has 0 aliphatic carbocycles. The monoisotopic (exact) mass is 551 g/mol. The van der Waals surface area contributed by atoms with Gasteiger partial charge in [-0.2, -0.15) is 0 Å². The fourth-order valence-corrected chi connectivity index (χ4v) is 5.92. The number of nitrogens with zero attached hydrogens (tertiary/aromatic N) is 5. The zero-order chi connectivity index (χ0) is 26.6. The Bertz CT molecular complexity index is 1290. The molecule has 2 aromatic heterocycles. The van der Waals surface area contributed by atoms with Crippen molar-refractivity contribution in [1.82, 2.24) is 24.7 Å². The molecule has 200 valence electrons. The van der Waals surface area contributed by atoms with Gasteiger partial charge in [0.1, 0.15) is 34.9 Å². The molecule has 3 heterocycles. The van der Waals surface area contributed by atoms with Gasteiger partial charge in [0.05, 0.1) is 31.1 Å². The van der Waals surface area contributed by atoms with Crippen LogP contribution in [0.25, 0.3) is 5.69 Å². The number of hydrogen-bond acceptors (Lipinski definition) is 10. The minimum atomic E-state index is -3.84. The normalized spacial score (nSPS) is 17.8. The van der Waals surface area contributed by atoms with E-state index in [4.69, 9.17) is 30.5 Å². The second-order valence-electron chi connectivity index (χ2n) is 8.66. The summed E-state index contributed by atoms with van der Waals surface area (Å²) in [6.07, 6.45) is 3.59. The van der Waals surface area contributed by atoms with E-state index in [-0.39, 0.29) is 17.6 Å². The van der Waals surface area contributed by atoms with Gasteiger partial charge in [-0.15, -0.1) is 10.2 Å². The summed E-state index contributed by atoms with van der Waals surface area (Å²) in [4.78, 5) is 8.31. The predicted molar refractivity (Wildman–Crippen MR) is 136 cm³/mol. The van der Waals surface area contributed by atoms with E-state index in [1.54, 1.807) is 43.9 Å². The minimum absolute atomic E-state index is 0.0704. The maximum atomic E-state index is 13.7. The largest absolute Gasteiger partial charge is 0.494 e. The van der Waals surface area contributed by atoms with Gasteiger partial charge in [0.15, 0.2) is 21.5 Å². The first-order chi connectivity index (χ1) is 17.8. The Balaban J connectivity index is 1.78. The van der Waals surface area contributed by atoms with Gasteiger partial charge in [-0.25, -0.2) is 18.4 Å². The molecule has 1 saturated heterocycles. The van der Waals surface area contributed by atoms with Gasteiger partial charge in [0.25, 0.3) is 0 Å². The van der Waals surface area contributed by atoms with Crippen LogP contribution in [0.2, 0.25) is 5.02 Å². The van der Waals surface area contributed by atoms with Crippen molar-refractivity contribution in [3.05, 3.63) is 53.1 Å². The van der Waals surface area contributed by atoms with Gasteiger partial charge >= 0.3 is 0 Å². The predicted octanol–water partition coefficient (Wildman–Crippen LogP) is 3.31. The van der Waals surface area contributed by atoms with Crippen LogP contribution < -0.4 is 9.47 Å². The van der Waals surface area contributed by atoms with Gasteiger partial charge in [-0.1, -0.05) is 17.7 Å². The standard InChI is InChI=1S/C24H30ClN5O6S/c1-15(22(35-4)23-26-11-17(25)12-27-23)37(31,32)14-20-28-29-24(16-7-6-10-36-13-16)30(20)21-18(33-2)8-5-9-19(21)34-3/h5,8-9,11-12,15-16,22H,6-7,10,13-14H2,1-4H3/t15-,16-,22-/m0/s1. The molecule has 4 rings (SSSR count). The van der Waals surface area contributed by atoms with Crippen molar-refractivity contribution >= 4 is 21.4 Å². The Morgan fingerprint density at radius 1 is 1.14 bits per heavy atom. The molecule has 0 amide bonds. The molecule has 37 heavy (non-hydrogen) atoms. The summed E-state index contributed by atoms with van der Waals surface area (Å²) < 4.78 is 51.5.